The molecule has 0 saturated carbocycles. The number of carbonyl (C=O) groups excluding carboxylic acids is 1. The van der Waals surface area contributed by atoms with E-state index in [9.17, 15) is 13.2 Å². The maximum Gasteiger partial charge on any atom is 0.251 e. The van der Waals surface area contributed by atoms with E-state index in [1.54, 1.807) is 7.11 Å². The summed E-state index contributed by atoms with van der Waals surface area (Å²) in [5.74, 6) is 0.488. The highest BCUT2D eigenvalue weighted by atomic mass is 32.2. The zero-order valence-electron chi connectivity index (χ0n) is 15.4. The van der Waals surface area contributed by atoms with Gasteiger partial charge in [-0.25, -0.2) is 13.1 Å². The second-order valence-corrected chi connectivity index (χ2v) is 7.64. The van der Waals surface area contributed by atoms with Crippen LogP contribution < -0.4 is 14.8 Å². The molecule has 2 N–H and O–H groups in total. The van der Waals surface area contributed by atoms with E-state index < -0.39 is 10.0 Å². The molecule has 0 aromatic heterocycles. The molecular formula is C20H24N2O4S. The number of ether oxygens (including phenoxy) is 1. The zero-order valence-corrected chi connectivity index (χ0v) is 16.3. The summed E-state index contributed by atoms with van der Waals surface area (Å²) >= 11 is 0. The Morgan fingerprint density at radius 3 is 2.30 bits per heavy atom. The van der Waals surface area contributed by atoms with Crippen molar-refractivity contribution in [3.63, 3.8) is 0 Å². The number of amides is 1. The van der Waals surface area contributed by atoms with Crippen molar-refractivity contribution in [3.8, 4) is 5.75 Å². The van der Waals surface area contributed by atoms with Crippen LogP contribution in [0.25, 0.3) is 0 Å². The first kappa shape index (κ1) is 20.7. The Balaban J connectivity index is 2.10. The zero-order chi connectivity index (χ0) is 19.9. The molecule has 2 aromatic rings. The van der Waals surface area contributed by atoms with Crippen molar-refractivity contribution in [2.24, 2.45) is 0 Å². The van der Waals surface area contributed by atoms with Crippen molar-refractivity contribution in [1.82, 2.24) is 10.0 Å². The quantitative estimate of drug-likeness (QED) is 0.647. The fraction of sp³-hybridized carbons (Fsp3) is 0.250. The van der Waals surface area contributed by atoms with Crippen molar-refractivity contribution in [1.29, 1.82) is 0 Å². The summed E-state index contributed by atoms with van der Waals surface area (Å²) in [4.78, 5) is 12.6. The van der Waals surface area contributed by atoms with E-state index in [4.69, 9.17) is 4.74 Å². The van der Waals surface area contributed by atoms with E-state index in [1.165, 1.54) is 30.3 Å². The fourth-order valence-electron chi connectivity index (χ4n) is 2.54. The number of hydrogen-bond donors (Lipinski definition) is 2. The molecule has 0 bridgehead atoms. The van der Waals surface area contributed by atoms with E-state index in [0.717, 1.165) is 17.7 Å². The Morgan fingerprint density at radius 1 is 1.15 bits per heavy atom. The van der Waals surface area contributed by atoms with Crippen molar-refractivity contribution >= 4 is 15.9 Å². The minimum atomic E-state index is -3.61. The predicted octanol–water partition coefficient (Wildman–Crippen LogP) is 3.04. The first-order valence-electron chi connectivity index (χ1n) is 8.56. The summed E-state index contributed by atoms with van der Waals surface area (Å²) in [7, 11) is -2.00. The van der Waals surface area contributed by atoms with Crippen LogP contribution in [0.3, 0.4) is 0 Å². The van der Waals surface area contributed by atoms with Gasteiger partial charge in [0.15, 0.2) is 0 Å². The Bertz CT molecular complexity index is 875. The summed E-state index contributed by atoms with van der Waals surface area (Å²) in [6.07, 6.45) is 2.18. The molecular weight excluding hydrogens is 364 g/mol. The highest BCUT2D eigenvalue weighted by Crippen LogP contribution is 2.21. The van der Waals surface area contributed by atoms with Crippen LogP contribution in [0.5, 0.6) is 5.75 Å². The van der Waals surface area contributed by atoms with Gasteiger partial charge in [-0.05, 0) is 48.4 Å². The average Bonchev–Trinajstić information content (AvgIpc) is 2.70. The van der Waals surface area contributed by atoms with Crippen LogP contribution in [0.4, 0.5) is 0 Å². The highest BCUT2D eigenvalue weighted by Gasteiger charge is 2.16. The van der Waals surface area contributed by atoms with Crippen molar-refractivity contribution in [2.75, 3.05) is 13.7 Å². The van der Waals surface area contributed by atoms with Gasteiger partial charge in [-0.3, -0.25) is 4.79 Å². The molecule has 144 valence electrons. The van der Waals surface area contributed by atoms with Gasteiger partial charge in [-0.2, -0.15) is 0 Å². The van der Waals surface area contributed by atoms with Crippen LogP contribution in [0, 0.1) is 0 Å². The Kier molecular flexibility index (Phi) is 7.15. The summed E-state index contributed by atoms with van der Waals surface area (Å²) in [5, 5.41) is 2.97. The van der Waals surface area contributed by atoms with E-state index in [2.05, 4.69) is 16.6 Å². The van der Waals surface area contributed by atoms with Gasteiger partial charge in [0.2, 0.25) is 10.0 Å². The van der Waals surface area contributed by atoms with Gasteiger partial charge in [0, 0.05) is 12.1 Å². The molecule has 0 heterocycles. The van der Waals surface area contributed by atoms with Crippen molar-refractivity contribution < 1.29 is 17.9 Å². The van der Waals surface area contributed by atoms with E-state index in [1.807, 2.05) is 31.2 Å². The monoisotopic (exact) mass is 388 g/mol. The lowest BCUT2D eigenvalue weighted by Gasteiger charge is -2.18. The number of hydrogen-bond acceptors (Lipinski definition) is 4. The first-order valence-corrected chi connectivity index (χ1v) is 10.0. The molecule has 0 aliphatic carbocycles. The third-order valence-electron chi connectivity index (χ3n) is 4.08. The SMILES string of the molecule is C=CCNS(=O)(=O)c1ccc(C(=O)NC(CC)c2ccc(OC)cc2)cc1. The lowest BCUT2D eigenvalue weighted by atomic mass is 10.0. The van der Waals surface area contributed by atoms with Crippen LogP contribution in [0.1, 0.15) is 35.3 Å². The Morgan fingerprint density at radius 2 is 1.78 bits per heavy atom. The molecule has 7 heteroatoms. The van der Waals surface area contributed by atoms with Gasteiger partial charge < -0.3 is 10.1 Å². The molecule has 1 unspecified atom stereocenters. The van der Waals surface area contributed by atoms with E-state index in [0.29, 0.717) is 5.56 Å². The molecule has 27 heavy (non-hydrogen) atoms. The van der Waals surface area contributed by atoms with Crippen LogP contribution >= 0.6 is 0 Å². The minimum absolute atomic E-state index is 0.100. The fourth-order valence-corrected chi connectivity index (χ4v) is 3.53. The molecule has 0 spiro atoms. The normalized spacial score (nSPS) is 12.2. The summed E-state index contributed by atoms with van der Waals surface area (Å²) in [6, 6.07) is 13.2. The Labute approximate surface area is 160 Å². The number of rotatable bonds is 9. The number of benzene rings is 2. The smallest absolute Gasteiger partial charge is 0.251 e. The molecule has 0 aliphatic heterocycles. The lowest BCUT2D eigenvalue weighted by molar-refractivity contribution is 0.0935. The summed E-state index contributed by atoms with van der Waals surface area (Å²) in [5.41, 5.74) is 1.36. The Hall–Kier alpha value is -2.64. The third kappa shape index (κ3) is 5.42. The standard InChI is InChI=1S/C20H24N2O4S/c1-4-14-21-27(24,25)18-12-8-16(9-13-18)20(23)22-19(5-2)15-6-10-17(26-3)11-7-15/h4,6-13,19,21H,1,5,14H2,2-3H3,(H,22,23). The second-order valence-electron chi connectivity index (χ2n) is 5.87. The first-order chi connectivity index (χ1) is 12.9. The van der Waals surface area contributed by atoms with Gasteiger partial charge in [0.05, 0.1) is 18.0 Å². The summed E-state index contributed by atoms with van der Waals surface area (Å²) in [6.45, 7) is 5.60. The summed E-state index contributed by atoms with van der Waals surface area (Å²) < 4.78 is 31.7. The molecule has 1 amide bonds. The molecule has 0 radical (unpaired) electrons. The maximum atomic E-state index is 12.5. The average molecular weight is 388 g/mol. The molecule has 0 aliphatic rings. The van der Waals surface area contributed by atoms with Gasteiger partial charge in [0.1, 0.15) is 5.75 Å². The van der Waals surface area contributed by atoms with Gasteiger partial charge in [-0.15, -0.1) is 6.58 Å². The second kappa shape index (κ2) is 9.34. The third-order valence-corrected chi connectivity index (χ3v) is 5.52. The number of carbonyl (C=O) groups is 1. The van der Waals surface area contributed by atoms with Gasteiger partial charge >= 0.3 is 0 Å². The number of nitrogens with one attached hydrogen (secondary N) is 2. The van der Waals surface area contributed by atoms with Crippen LogP contribution in [0.15, 0.2) is 66.1 Å². The van der Waals surface area contributed by atoms with Crippen molar-refractivity contribution in [2.45, 2.75) is 24.3 Å². The van der Waals surface area contributed by atoms with Crippen LogP contribution in [-0.2, 0) is 10.0 Å². The van der Waals surface area contributed by atoms with E-state index >= 15 is 0 Å². The van der Waals surface area contributed by atoms with Crippen molar-refractivity contribution in [3.05, 3.63) is 72.3 Å². The van der Waals surface area contributed by atoms with E-state index in [-0.39, 0.29) is 23.4 Å². The lowest BCUT2D eigenvalue weighted by Crippen LogP contribution is -2.28. The maximum absolute atomic E-state index is 12.5. The highest BCUT2D eigenvalue weighted by molar-refractivity contribution is 7.89. The van der Waals surface area contributed by atoms with Gasteiger partial charge in [0.25, 0.3) is 5.91 Å². The largest absolute Gasteiger partial charge is 0.497 e. The molecule has 6 nitrogen and oxygen atoms in total. The molecule has 1 atom stereocenters. The number of methoxy groups -OCH3 is 1. The molecule has 0 fully saturated rings. The van der Waals surface area contributed by atoms with Gasteiger partial charge in [-0.1, -0.05) is 25.1 Å². The molecule has 2 aromatic carbocycles. The predicted molar refractivity (Wildman–Crippen MR) is 105 cm³/mol. The molecule has 0 saturated heterocycles. The van der Waals surface area contributed by atoms with Crippen LogP contribution in [0.2, 0.25) is 0 Å². The minimum Gasteiger partial charge on any atom is -0.497 e. The topological polar surface area (TPSA) is 84.5 Å². The number of sulfonamides is 1. The van der Waals surface area contributed by atoms with Crippen LogP contribution in [-0.4, -0.2) is 28.0 Å². The molecule has 2 rings (SSSR count).